The molecule has 0 aromatic heterocycles. The molecule has 0 unspecified atom stereocenters. The Morgan fingerprint density at radius 2 is 1.60 bits per heavy atom. The molecular weight excluding hydrogens is 368 g/mol. The summed E-state index contributed by atoms with van der Waals surface area (Å²) in [6.07, 6.45) is 2.59. The number of nitrogens with zero attached hydrogens (tertiary/aromatic N) is 1. The molecule has 154 valence electrons. The van der Waals surface area contributed by atoms with E-state index in [0.717, 1.165) is 35.7 Å². The summed E-state index contributed by atoms with van der Waals surface area (Å²) in [6.45, 7) is 6.62. The summed E-state index contributed by atoms with van der Waals surface area (Å²) in [6, 6.07) is 26.6. The molecular formula is C27H30N2O. The van der Waals surface area contributed by atoms with Crippen molar-refractivity contribution in [1.29, 1.82) is 0 Å². The first-order valence-electron chi connectivity index (χ1n) is 10.9. The van der Waals surface area contributed by atoms with Crippen molar-refractivity contribution in [2.45, 2.75) is 32.7 Å². The van der Waals surface area contributed by atoms with E-state index < -0.39 is 0 Å². The molecule has 3 aromatic carbocycles. The van der Waals surface area contributed by atoms with Crippen LogP contribution in [0.2, 0.25) is 0 Å². The zero-order valence-electron chi connectivity index (χ0n) is 17.8. The van der Waals surface area contributed by atoms with Gasteiger partial charge in [0.05, 0.1) is 6.04 Å². The highest BCUT2D eigenvalue weighted by atomic mass is 16.1. The van der Waals surface area contributed by atoms with Crippen molar-refractivity contribution in [3.8, 4) is 11.1 Å². The van der Waals surface area contributed by atoms with Gasteiger partial charge in [-0.3, -0.25) is 4.79 Å². The fourth-order valence-electron chi connectivity index (χ4n) is 4.21. The van der Waals surface area contributed by atoms with Crippen LogP contribution in [0.4, 0.5) is 5.69 Å². The normalized spacial score (nSPS) is 17.4. The first kappa shape index (κ1) is 20.2. The lowest BCUT2D eigenvalue weighted by atomic mass is 9.99. The van der Waals surface area contributed by atoms with Gasteiger partial charge in [0.2, 0.25) is 0 Å². The molecule has 3 heteroatoms. The maximum atomic E-state index is 12.7. The number of anilines is 1. The van der Waals surface area contributed by atoms with Gasteiger partial charge in [-0.05, 0) is 66.6 Å². The van der Waals surface area contributed by atoms with Crippen LogP contribution in [0.5, 0.6) is 0 Å². The molecule has 0 spiro atoms. The average molecular weight is 399 g/mol. The van der Waals surface area contributed by atoms with E-state index >= 15 is 0 Å². The van der Waals surface area contributed by atoms with Crippen LogP contribution < -0.4 is 10.2 Å². The van der Waals surface area contributed by atoms with Gasteiger partial charge in [-0.15, -0.1) is 0 Å². The summed E-state index contributed by atoms with van der Waals surface area (Å²) in [5, 5.41) is 3.13. The third-order valence-corrected chi connectivity index (χ3v) is 6.02. The lowest BCUT2D eigenvalue weighted by Gasteiger charge is -2.33. The maximum absolute atomic E-state index is 12.7. The van der Waals surface area contributed by atoms with Gasteiger partial charge in [-0.25, -0.2) is 0 Å². The van der Waals surface area contributed by atoms with E-state index in [1.165, 1.54) is 18.5 Å². The van der Waals surface area contributed by atoms with E-state index in [0.29, 0.717) is 5.56 Å². The fraction of sp³-hybridized carbons (Fsp3) is 0.296. The lowest BCUT2D eigenvalue weighted by Crippen LogP contribution is -2.34. The summed E-state index contributed by atoms with van der Waals surface area (Å²) < 4.78 is 0. The molecule has 3 nitrogen and oxygen atoms in total. The minimum absolute atomic E-state index is 0.0411. The van der Waals surface area contributed by atoms with E-state index in [4.69, 9.17) is 0 Å². The zero-order chi connectivity index (χ0) is 20.9. The molecule has 1 amide bonds. The molecule has 2 atom stereocenters. The quantitative estimate of drug-likeness (QED) is 0.565. The third-order valence-electron chi connectivity index (χ3n) is 6.02. The topological polar surface area (TPSA) is 32.3 Å². The lowest BCUT2D eigenvalue weighted by molar-refractivity contribution is 0.0940. The van der Waals surface area contributed by atoms with Crippen LogP contribution in [0.15, 0.2) is 78.9 Å². The second kappa shape index (κ2) is 9.17. The van der Waals surface area contributed by atoms with Crippen LogP contribution in [0, 0.1) is 5.92 Å². The Morgan fingerprint density at radius 1 is 0.933 bits per heavy atom. The molecule has 3 aromatic rings. The van der Waals surface area contributed by atoms with Crippen molar-refractivity contribution in [3.63, 3.8) is 0 Å². The van der Waals surface area contributed by atoms with Gasteiger partial charge in [-0.2, -0.15) is 0 Å². The van der Waals surface area contributed by atoms with Crippen LogP contribution in [0.3, 0.4) is 0 Å². The Balaban J connectivity index is 1.38. The van der Waals surface area contributed by atoms with Crippen molar-refractivity contribution in [3.05, 3.63) is 90.0 Å². The Hall–Kier alpha value is -3.07. The highest BCUT2D eigenvalue weighted by Crippen LogP contribution is 2.25. The van der Waals surface area contributed by atoms with Gasteiger partial charge < -0.3 is 10.2 Å². The summed E-state index contributed by atoms with van der Waals surface area (Å²) in [7, 11) is 0. The summed E-state index contributed by atoms with van der Waals surface area (Å²) >= 11 is 0. The number of rotatable bonds is 5. The number of nitrogens with one attached hydrogen (secondary N) is 1. The number of amides is 1. The van der Waals surface area contributed by atoms with Gasteiger partial charge >= 0.3 is 0 Å². The fourth-order valence-corrected chi connectivity index (χ4v) is 4.21. The van der Waals surface area contributed by atoms with Gasteiger partial charge in [0.15, 0.2) is 0 Å². The zero-order valence-corrected chi connectivity index (χ0v) is 17.8. The van der Waals surface area contributed by atoms with Crippen LogP contribution in [-0.2, 0) is 0 Å². The number of carbonyl (C=O) groups is 1. The molecule has 0 saturated carbocycles. The highest BCUT2D eigenvalue weighted by molar-refractivity contribution is 5.95. The Labute approximate surface area is 179 Å². The van der Waals surface area contributed by atoms with Gasteiger partial charge in [-0.1, -0.05) is 61.5 Å². The van der Waals surface area contributed by atoms with Crippen LogP contribution in [0.1, 0.15) is 48.7 Å². The van der Waals surface area contributed by atoms with Crippen molar-refractivity contribution >= 4 is 11.6 Å². The summed E-state index contributed by atoms with van der Waals surface area (Å²) in [5.74, 6) is 0.709. The van der Waals surface area contributed by atoms with Crippen LogP contribution in [-0.4, -0.2) is 19.0 Å². The third kappa shape index (κ3) is 4.73. The van der Waals surface area contributed by atoms with Crippen molar-refractivity contribution in [2.75, 3.05) is 18.0 Å². The molecule has 1 heterocycles. The first-order valence-corrected chi connectivity index (χ1v) is 10.9. The minimum Gasteiger partial charge on any atom is -0.371 e. The van der Waals surface area contributed by atoms with E-state index in [-0.39, 0.29) is 11.9 Å². The maximum Gasteiger partial charge on any atom is 0.251 e. The average Bonchev–Trinajstić information content (AvgIpc) is 2.80. The van der Waals surface area contributed by atoms with E-state index in [1.807, 2.05) is 49.4 Å². The minimum atomic E-state index is -0.0453. The number of carbonyl (C=O) groups excluding carboxylic acids is 1. The molecule has 0 bridgehead atoms. The number of hydrogen-bond donors (Lipinski definition) is 1. The molecule has 1 N–H and O–H groups in total. The molecule has 1 aliphatic heterocycles. The molecule has 0 radical (unpaired) electrons. The summed E-state index contributed by atoms with van der Waals surface area (Å²) in [5.41, 5.74) is 5.35. The predicted molar refractivity (Wildman–Crippen MR) is 125 cm³/mol. The van der Waals surface area contributed by atoms with E-state index in [9.17, 15) is 4.79 Å². The Kier molecular flexibility index (Phi) is 6.18. The first-order chi connectivity index (χ1) is 14.6. The number of piperidine rings is 1. The molecule has 1 fully saturated rings. The molecule has 4 rings (SSSR count). The molecule has 0 aliphatic carbocycles. The summed E-state index contributed by atoms with van der Waals surface area (Å²) in [4.78, 5) is 15.2. The van der Waals surface area contributed by atoms with Gasteiger partial charge in [0.1, 0.15) is 0 Å². The second-order valence-corrected chi connectivity index (χ2v) is 8.42. The van der Waals surface area contributed by atoms with Crippen molar-refractivity contribution in [2.24, 2.45) is 5.92 Å². The Morgan fingerprint density at radius 3 is 2.27 bits per heavy atom. The SMILES string of the molecule is C[C@H]1CCCN(c2ccc([C@@H](C)NC(=O)c3ccc(-c4ccccc4)cc3)cc2)C1. The number of hydrogen-bond acceptors (Lipinski definition) is 2. The monoisotopic (exact) mass is 398 g/mol. The highest BCUT2D eigenvalue weighted by Gasteiger charge is 2.17. The largest absolute Gasteiger partial charge is 0.371 e. The van der Waals surface area contributed by atoms with E-state index in [1.54, 1.807) is 0 Å². The number of benzene rings is 3. The molecule has 1 saturated heterocycles. The van der Waals surface area contributed by atoms with Gasteiger partial charge in [0.25, 0.3) is 5.91 Å². The standard InChI is InChI=1S/C27H30N2O/c1-20-7-6-18-29(19-20)26-16-14-22(15-17-26)21(2)28-27(30)25-12-10-24(11-13-25)23-8-4-3-5-9-23/h3-5,8-17,20-21H,6-7,18-19H2,1-2H3,(H,28,30)/t20-,21+/m0/s1. The van der Waals surface area contributed by atoms with Crippen LogP contribution in [0.25, 0.3) is 11.1 Å². The second-order valence-electron chi connectivity index (χ2n) is 8.42. The van der Waals surface area contributed by atoms with Crippen molar-refractivity contribution < 1.29 is 4.79 Å². The smallest absolute Gasteiger partial charge is 0.251 e. The van der Waals surface area contributed by atoms with Gasteiger partial charge in [0, 0.05) is 24.3 Å². The van der Waals surface area contributed by atoms with E-state index in [2.05, 4.69) is 53.5 Å². The van der Waals surface area contributed by atoms with Crippen molar-refractivity contribution in [1.82, 2.24) is 5.32 Å². The molecule has 30 heavy (non-hydrogen) atoms. The molecule has 1 aliphatic rings. The van der Waals surface area contributed by atoms with Crippen LogP contribution >= 0.6 is 0 Å². The Bertz CT molecular complexity index is 964. The predicted octanol–water partition coefficient (Wildman–Crippen LogP) is 6.08.